The van der Waals surface area contributed by atoms with Crippen LogP contribution in [0.2, 0.25) is 0 Å². The van der Waals surface area contributed by atoms with Crippen LogP contribution in [0.1, 0.15) is 80.1 Å². The van der Waals surface area contributed by atoms with Gasteiger partial charge in [-0.05, 0) is 57.8 Å². The lowest BCUT2D eigenvalue weighted by molar-refractivity contribution is -0.154. The summed E-state index contributed by atoms with van der Waals surface area (Å²) in [5, 5.41) is 10.2. The van der Waals surface area contributed by atoms with Gasteiger partial charge in [0, 0.05) is 17.3 Å². The highest BCUT2D eigenvalue weighted by Gasteiger charge is 2.75. The van der Waals surface area contributed by atoms with Gasteiger partial charge in [0.25, 0.3) is 0 Å². The van der Waals surface area contributed by atoms with Crippen molar-refractivity contribution in [3.05, 3.63) is 25.3 Å². The number of aliphatic hydroxyl groups excluding tert-OH is 1. The van der Waals surface area contributed by atoms with E-state index in [1.165, 1.54) is 0 Å². The Morgan fingerprint density at radius 1 is 1.26 bits per heavy atom. The number of allylic oxidation sites excluding steroid dienone is 1. The summed E-state index contributed by atoms with van der Waals surface area (Å²) < 4.78 is 4.94. The zero-order valence-corrected chi connectivity index (χ0v) is 25.0. The average Bonchev–Trinajstić information content (AvgIpc) is 3.47. The molecule has 6 atom stereocenters. The van der Waals surface area contributed by atoms with Gasteiger partial charge in [0.15, 0.2) is 0 Å². The highest BCUT2D eigenvalue weighted by molar-refractivity contribution is 8.02. The van der Waals surface area contributed by atoms with Crippen LogP contribution in [0.25, 0.3) is 0 Å². The first-order valence-corrected chi connectivity index (χ1v) is 15.0. The van der Waals surface area contributed by atoms with E-state index in [9.17, 15) is 19.5 Å². The van der Waals surface area contributed by atoms with Crippen molar-refractivity contribution in [1.82, 2.24) is 9.80 Å². The Bertz CT molecular complexity index is 924. The van der Waals surface area contributed by atoms with Gasteiger partial charge in [0.1, 0.15) is 6.04 Å². The number of carbonyl (C=O) groups excluding carboxylic acids is 3. The molecule has 2 bridgehead atoms. The summed E-state index contributed by atoms with van der Waals surface area (Å²) in [4.78, 5) is 45.7. The van der Waals surface area contributed by atoms with Crippen LogP contribution in [0.3, 0.4) is 0 Å². The second-order valence-electron chi connectivity index (χ2n) is 12.9. The van der Waals surface area contributed by atoms with E-state index < -0.39 is 34.2 Å². The molecule has 0 aromatic carbocycles. The van der Waals surface area contributed by atoms with Crippen LogP contribution in [0.5, 0.6) is 0 Å². The summed E-state index contributed by atoms with van der Waals surface area (Å²) in [7, 11) is 0. The quantitative estimate of drug-likeness (QED) is 0.206. The van der Waals surface area contributed by atoms with Crippen molar-refractivity contribution in [3.63, 3.8) is 0 Å². The van der Waals surface area contributed by atoms with Gasteiger partial charge in [-0.15, -0.1) is 24.9 Å². The van der Waals surface area contributed by atoms with Crippen LogP contribution >= 0.6 is 11.8 Å². The third kappa shape index (κ3) is 5.58. The van der Waals surface area contributed by atoms with Crippen molar-refractivity contribution in [1.29, 1.82) is 0 Å². The second kappa shape index (κ2) is 11.7. The monoisotopic (exact) mass is 548 g/mol. The minimum Gasteiger partial charge on any atom is -0.465 e. The van der Waals surface area contributed by atoms with Gasteiger partial charge in [0.05, 0.1) is 35.8 Å². The molecule has 214 valence electrons. The van der Waals surface area contributed by atoms with E-state index in [0.29, 0.717) is 32.4 Å². The molecular weight excluding hydrogens is 500 g/mol. The van der Waals surface area contributed by atoms with Crippen LogP contribution in [0.4, 0.5) is 0 Å². The number of carbonyl (C=O) groups is 3. The first-order valence-electron chi connectivity index (χ1n) is 14.1. The molecule has 0 aliphatic carbocycles. The van der Waals surface area contributed by atoms with Gasteiger partial charge in [-0.2, -0.15) is 0 Å². The fourth-order valence-electron chi connectivity index (χ4n) is 7.25. The molecule has 3 saturated heterocycles. The number of nitrogens with zero attached hydrogens (tertiary/aromatic N) is 2. The molecule has 1 N–H and O–H groups in total. The zero-order chi connectivity index (χ0) is 28.5. The van der Waals surface area contributed by atoms with E-state index in [1.54, 1.807) is 28.8 Å². The molecule has 8 heteroatoms. The van der Waals surface area contributed by atoms with E-state index in [-0.39, 0.29) is 35.1 Å². The number of likely N-dealkylation sites (tertiary alicyclic amines) is 1. The highest BCUT2D eigenvalue weighted by Crippen LogP contribution is 2.67. The van der Waals surface area contributed by atoms with Gasteiger partial charge < -0.3 is 19.6 Å². The Hall–Kier alpha value is -1.80. The van der Waals surface area contributed by atoms with Crippen LogP contribution in [-0.4, -0.2) is 80.1 Å². The lowest BCUT2D eigenvalue weighted by atomic mass is 9.71. The van der Waals surface area contributed by atoms with E-state index in [0.717, 1.165) is 19.3 Å². The molecule has 3 fully saturated rings. The molecule has 0 aromatic rings. The van der Waals surface area contributed by atoms with E-state index in [4.69, 9.17) is 4.74 Å². The molecule has 3 heterocycles. The number of hydrogen-bond donors (Lipinski definition) is 1. The molecular formula is C30H48N2O5S. The van der Waals surface area contributed by atoms with Crippen LogP contribution in [0.15, 0.2) is 25.3 Å². The SMILES string of the molecule is C=CCCCOC(=O)[C@@H]1[C@H]2C(=O)N([C@@H](CC)CO)C(C(=O)N(CC=C)C(C)(C)CC(C)(C)C)C23CC[C@H]1S3. The zero-order valence-electron chi connectivity index (χ0n) is 24.2. The van der Waals surface area contributed by atoms with Crippen molar-refractivity contribution in [2.24, 2.45) is 17.3 Å². The maximum Gasteiger partial charge on any atom is 0.310 e. The van der Waals surface area contributed by atoms with E-state index in [1.807, 2.05) is 11.8 Å². The van der Waals surface area contributed by atoms with Crippen molar-refractivity contribution in [3.8, 4) is 0 Å². The third-order valence-corrected chi connectivity index (χ3v) is 10.3. The minimum absolute atomic E-state index is 0.0206. The largest absolute Gasteiger partial charge is 0.465 e. The molecule has 3 aliphatic heterocycles. The van der Waals surface area contributed by atoms with Crippen molar-refractivity contribution < 1.29 is 24.2 Å². The standard InChI is InChI=1S/C30H48N2O5S/c1-9-12-13-17-37-27(36)22-21-14-15-30(38-21)23(22)25(34)32(20(11-3)18-33)24(30)26(35)31(16-10-2)29(7,8)19-28(4,5)6/h9-10,20-24,33H,1-2,11-19H2,3-8H3/t20-,21+,22-,23-,24?,30?/m0/s1. The topological polar surface area (TPSA) is 87.1 Å². The number of unbranched alkanes of at least 4 members (excludes halogenated alkanes) is 1. The smallest absolute Gasteiger partial charge is 0.310 e. The highest BCUT2D eigenvalue weighted by atomic mass is 32.2. The maximum atomic E-state index is 14.7. The molecule has 3 aliphatic rings. The van der Waals surface area contributed by atoms with Crippen LogP contribution in [-0.2, 0) is 19.1 Å². The van der Waals surface area contributed by atoms with E-state index >= 15 is 0 Å². The third-order valence-electron chi connectivity index (χ3n) is 8.39. The Morgan fingerprint density at radius 3 is 2.50 bits per heavy atom. The normalized spacial score (nSPS) is 29.2. The lowest BCUT2D eigenvalue weighted by Crippen LogP contribution is -2.61. The first-order chi connectivity index (χ1) is 17.8. The van der Waals surface area contributed by atoms with Gasteiger partial charge >= 0.3 is 5.97 Å². The number of rotatable bonds is 13. The molecule has 2 amide bonds. The van der Waals surface area contributed by atoms with Crippen LogP contribution < -0.4 is 0 Å². The number of fused-ring (bicyclic) bond motifs is 1. The predicted molar refractivity (Wildman–Crippen MR) is 153 cm³/mol. The van der Waals surface area contributed by atoms with E-state index in [2.05, 4.69) is 47.8 Å². The number of thioether (sulfide) groups is 1. The number of aliphatic hydroxyl groups is 1. The summed E-state index contributed by atoms with van der Waals surface area (Å²) >= 11 is 1.64. The van der Waals surface area contributed by atoms with Gasteiger partial charge in [-0.25, -0.2) is 0 Å². The Labute approximate surface area is 233 Å². The van der Waals surface area contributed by atoms with Crippen LogP contribution in [0, 0.1) is 17.3 Å². The number of ether oxygens (including phenoxy) is 1. The Balaban J connectivity index is 2.04. The second-order valence-corrected chi connectivity index (χ2v) is 14.5. The summed E-state index contributed by atoms with van der Waals surface area (Å²) in [6.45, 7) is 20.6. The summed E-state index contributed by atoms with van der Waals surface area (Å²) in [5.41, 5.74) is -0.508. The first kappa shape index (κ1) is 30.7. The van der Waals surface area contributed by atoms with Crippen molar-refractivity contribution >= 4 is 29.5 Å². The molecule has 1 spiro atoms. The number of hydrogen-bond acceptors (Lipinski definition) is 6. The predicted octanol–water partition coefficient (Wildman–Crippen LogP) is 4.59. The average molecular weight is 549 g/mol. The minimum atomic E-state index is -0.746. The molecule has 0 aromatic heterocycles. The molecule has 3 rings (SSSR count). The maximum absolute atomic E-state index is 14.7. The Morgan fingerprint density at radius 2 is 1.95 bits per heavy atom. The fraction of sp³-hybridized carbons (Fsp3) is 0.767. The molecule has 2 unspecified atom stereocenters. The number of esters is 1. The molecule has 7 nitrogen and oxygen atoms in total. The van der Waals surface area contributed by atoms with Crippen molar-refractivity contribution in [2.45, 2.75) is 108 Å². The summed E-state index contributed by atoms with van der Waals surface area (Å²) in [5.74, 6) is -1.84. The van der Waals surface area contributed by atoms with Gasteiger partial charge in [-0.1, -0.05) is 39.8 Å². The summed E-state index contributed by atoms with van der Waals surface area (Å²) in [6.07, 6.45) is 7.72. The molecule has 38 heavy (non-hydrogen) atoms. The number of amides is 2. The van der Waals surface area contributed by atoms with Gasteiger partial charge in [0.2, 0.25) is 11.8 Å². The lowest BCUT2D eigenvalue weighted by Gasteiger charge is -2.46. The molecule has 0 saturated carbocycles. The Kier molecular flexibility index (Phi) is 9.50. The summed E-state index contributed by atoms with van der Waals surface area (Å²) in [6, 6.07) is -1.23. The fourth-order valence-corrected chi connectivity index (χ4v) is 9.43. The van der Waals surface area contributed by atoms with Crippen molar-refractivity contribution in [2.75, 3.05) is 19.8 Å². The van der Waals surface area contributed by atoms with Gasteiger partial charge in [-0.3, -0.25) is 14.4 Å². The molecule has 0 radical (unpaired) electrons.